The fourth-order valence-electron chi connectivity index (χ4n) is 2.52. The molecule has 3 rings (SSSR count). The van der Waals surface area contributed by atoms with Gasteiger partial charge in [0.25, 0.3) is 0 Å². The van der Waals surface area contributed by atoms with Crippen LogP contribution in [0.25, 0.3) is 10.9 Å². The first kappa shape index (κ1) is 13.8. The highest BCUT2D eigenvalue weighted by molar-refractivity contribution is 5.81. The number of tetrazole rings is 1. The minimum Gasteiger partial charge on any atom is -0.335 e. The van der Waals surface area contributed by atoms with Crippen LogP contribution in [-0.2, 0) is 20.1 Å². The first-order chi connectivity index (χ1) is 10.3. The van der Waals surface area contributed by atoms with E-state index in [2.05, 4.69) is 62.6 Å². The van der Waals surface area contributed by atoms with Crippen molar-refractivity contribution in [2.45, 2.75) is 26.4 Å². The van der Waals surface area contributed by atoms with E-state index < -0.39 is 0 Å². The number of aryl methyl sites for hydroxylation is 1. The highest BCUT2D eigenvalue weighted by Gasteiger charge is 2.11. The van der Waals surface area contributed by atoms with E-state index in [0.29, 0.717) is 6.54 Å². The van der Waals surface area contributed by atoms with Crippen molar-refractivity contribution in [2.24, 2.45) is 7.05 Å². The second-order valence-corrected chi connectivity index (χ2v) is 5.15. The van der Waals surface area contributed by atoms with Crippen LogP contribution in [0.3, 0.4) is 0 Å². The van der Waals surface area contributed by atoms with Crippen molar-refractivity contribution in [1.82, 2.24) is 30.1 Å². The summed E-state index contributed by atoms with van der Waals surface area (Å²) in [6.07, 6.45) is 1.13. The Balaban J connectivity index is 1.94. The molecule has 0 atom stereocenters. The Labute approximate surface area is 123 Å². The molecule has 110 valence electrons. The third-order valence-electron chi connectivity index (χ3n) is 3.48. The summed E-state index contributed by atoms with van der Waals surface area (Å²) in [4.78, 5) is 1.50. The third kappa shape index (κ3) is 2.95. The first-order valence-corrected chi connectivity index (χ1v) is 7.28. The fraction of sp³-hybridized carbons (Fsp3) is 0.400. The van der Waals surface area contributed by atoms with Gasteiger partial charge in [-0.15, -0.1) is 10.2 Å². The van der Waals surface area contributed by atoms with Crippen molar-refractivity contribution < 1.29 is 0 Å². The Morgan fingerprint density at radius 2 is 2.10 bits per heavy atom. The molecule has 2 heterocycles. The Morgan fingerprint density at radius 3 is 2.86 bits per heavy atom. The molecule has 0 bridgehead atoms. The van der Waals surface area contributed by atoms with Gasteiger partial charge in [0.1, 0.15) is 0 Å². The molecule has 0 saturated heterocycles. The average Bonchev–Trinajstić information content (AvgIpc) is 3.05. The SMILES string of the molecule is CCCNCc1cc2ccccc2n1Cc1nnn(C)n1. The molecule has 1 aromatic carbocycles. The predicted octanol–water partition coefficient (Wildman–Crippen LogP) is 1.71. The molecule has 0 spiro atoms. The lowest BCUT2D eigenvalue weighted by atomic mass is 10.2. The smallest absolute Gasteiger partial charge is 0.194 e. The number of aromatic nitrogens is 5. The van der Waals surface area contributed by atoms with Gasteiger partial charge in [0.15, 0.2) is 5.82 Å². The Hall–Kier alpha value is -2.21. The van der Waals surface area contributed by atoms with E-state index in [1.54, 1.807) is 7.05 Å². The molecule has 6 heteroatoms. The van der Waals surface area contributed by atoms with Crippen molar-refractivity contribution >= 4 is 10.9 Å². The second kappa shape index (κ2) is 6.05. The van der Waals surface area contributed by atoms with Crippen molar-refractivity contribution in [2.75, 3.05) is 6.54 Å². The summed E-state index contributed by atoms with van der Waals surface area (Å²) in [5.41, 5.74) is 2.45. The summed E-state index contributed by atoms with van der Waals surface area (Å²) in [5.74, 6) is 0.732. The van der Waals surface area contributed by atoms with Crippen LogP contribution >= 0.6 is 0 Å². The summed E-state index contributed by atoms with van der Waals surface area (Å²) >= 11 is 0. The first-order valence-electron chi connectivity index (χ1n) is 7.28. The van der Waals surface area contributed by atoms with Crippen molar-refractivity contribution in [1.29, 1.82) is 0 Å². The van der Waals surface area contributed by atoms with Crippen LogP contribution < -0.4 is 5.32 Å². The number of hydrogen-bond donors (Lipinski definition) is 1. The van der Waals surface area contributed by atoms with E-state index in [4.69, 9.17) is 0 Å². The Morgan fingerprint density at radius 1 is 1.24 bits per heavy atom. The topological polar surface area (TPSA) is 60.6 Å². The van der Waals surface area contributed by atoms with Gasteiger partial charge in [0.2, 0.25) is 0 Å². The van der Waals surface area contributed by atoms with Crippen LogP contribution in [0.2, 0.25) is 0 Å². The largest absolute Gasteiger partial charge is 0.335 e. The maximum Gasteiger partial charge on any atom is 0.194 e. The molecule has 2 aromatic heterocycles. The van der Waals surface area contributed by atoms with Crippen molar-refractivity contribution in [3.63, 3.8) is 0 Å². The van der Waals surface area contributed by atoms with Gasteiger partial charge >= 0.3 is 0 Å². The maximum atomic E-state index is 4.28. The number of hydrogen-bond acceptors (Lipinski definition) is 4. The minimum atomic E-state index is 0.643. The van der Waals surface area contributed by atoms with E-state index in [-0.39, 0.29) is 0 Å². The predicted molar refractivity (Wildman–Crippen MR) is 81.8 cm³/mol. The van der Waals surface area contributed by atoms with Gasteiger partial charge in [-0.05, 0) is 35.7 Å². The van der Waals surface area contributed by atoms with Gasteiger partial charge in [0, 0.05) is 17.8 Å². The van der Waals surface area contributed by atoms with Gasteiger partial charge in [-0.3, -0.25) is 0 Å². The molecule has 1 N–H and O–H groups in total. The summed E-state index contributed by atoms with van der Waals surface area (Å²) < 4.78 is 2.26. The summed E-state index contributed by atoms with van der Waals surface area (Å²) in [5, 5.41) is 17.0. The standard InChI is InChI=1S/C15H20N6/c1-3-8-16-10-13-9-12-6-4-5-7-14(12)21(13)11-15-17-19-20(2)18-15/h4-7,9,16H,3,8,10-11H2,1-2H3. The van der Waals surface area contributed by atoms with Crippen molar-refractivity contribution in [3.05, 3.63) is 41.9 Å². The summed E-state index contributed by atoms with van der Waals surface area (Å²) in [7, 11) is 1.79. The summed E-state index contributed by atoms with van der Waals surface area (Å²) in [6, 6.07) is 10.6. The zero-order chi connectivity index (χ0) is 14.7. The quantitative estimate of drug-likeness (QED) is 0.700. The molecule has 0 fully saturated rings. The molecular formula is C15H20N6. The normalized spacial score (nSPS) is 11.3. The molecular weight excluding hydrogens is 264 g/mol. The van der Waals surface area contributed by atoms with E-state index >= 15 is 0 Å². The van der Waals surface area contributed by atoms with Crippen LogP contribution in [0, 0.1) is 0 Å². The molecule has 21 heavy (non-hydrogen) atoms. The average molecular weight is 284 g/mol. The molecule has 0 aliphatic carbocycles. The number of fused-ring (bicyclic) bond motifs is 1. The zero-order valence-corrected chi connectivity index (χ0v) is 12.5. The van der Waals surface area contributed by atoms with Crippen LogP contribution in [0.5, 0.6) is 0 Å². The van der Waals surface area contributed by atoms with Crippen LogP contribution in [0.1, 0.15) is 24.9 Å². The van der Waals surface area contributed by atoms with Gasteiger partial charge in [-0.1, -0.05) is 25.1 Å². The Bertz CT molecular complexity index is 727. The molecule has 0 unspecified atom stereocenters. The molecule has 3 aromatic rings. The molecule has 0 aliphatic rings. The van der Waals surface area contributed by atoms with E-state index in [9.17, 15) is 0 Å². The monoisotopic (exact) mass is 284 g/mol. The minimum absolute atomic E-state index is 0.643. The van der Waals surface area contributed by atoms with Gasteiger partial charge in [0.05, 0.1) is 13.6 Å². The number of benzene rings is 1. The van der Waals surface area contributed by atoms with Gasteiger partial charge < -0.3 is 9.88 Å². The van der Waals surface area contributed by atoms with Crippen LogP contribution in [0.4, 0.5) is 0 Å². The molecule has 0 amide bonds. The van der Waals surface area contributed by atoms with Crippen LogP contribution in [-0.4, -0.2) is 31.3 Å². The van der Waals surface area contributed by atoms with Crippen LogP contribution in [0.15, 0.2) is 30.3 Å². The molecule has 6 nitrogen and oxygen atoms in total. The van der Waals surface area contributed by atoms with E-state index in [0.717, 1.165) is 25.3 Å². The lowest BCUT2D eigenvalue weighted by Crippen LogP contribution is -2.17. The lowest BCUT2D eigenvalue weighted by molar-refractivity contribution is 0.617. The third-order valence-corrected chi connectivity index (χ3v) is 3.48. The fourth-order valence-corrected chi connectivity index (χ4v) is 2.52. The maximum absolute atomic E-state index is 4.28. The van der Waals surface area contributed by atoms with Gasteiger partial charge in [-0.25, -0.2) is 0 Å². The Kier molecular flexibility index (Phi) is 3.96. The van der Waals surface area contributed by atoms with E-state index in [1.165, 1.54) is 21.4 Å². The number of rotatable bonds is 6. The number of para-hydroxylation sites is 1. The highest BCUT2D eigenvalue weighted by atomic mass is 15.6. The summed E-state index contributed by atoms with van der Waals surface area (Å²) in [6.45, 7) is 4.68. The molecule has 0 radical (unpaired) electrons. The second-order valence-electron chi connectivity index (χ2n) is 5.15. The molecule has 0 aliphatic heterocycles. The highest BCUT2D eigenvalue weighted by Crippen LogP contribution is 2.20. The van der Waals surface area contributed by atoms with Gasteiger partial charge in [-0.2, -0.15) is 4.80 Å². The van der Waals surface area contributed by atoms with Crippen molar-refractivity contribution in [3.8, 4) is 0 Å². The zero-order valence-electron chi connectivity index (χ0n) is 12.5. The van der Waals surface area contributed by atoms with E-state index in [1.807, 2.05) is 0 Å². The number of nitrogens with one attached hydrogen (secondary N) is 1. The molecule has 0 saturated carbocycles. The lowest BCUT2D eigenvalue weighted by Gasteiger charge is -2.09. The number of nitrogens with zero attached hydrogens (tertiary/aromatic N) is 5.